The van der Waals surface area contributed by atoms with Crippen molar-refractivity contribution >= 4 is 11.3 Å². The molecule has 106 valence electrons. The number of thiazole rings is 1. The highest BCUT2D eigenvalue weighted by molar-refractivity contribution is 7.09. The highest BCUT2D eigenvalue weighted by atomic mass is 32.1. The number of nitrogens with zero attached hydrogens (tertiary/aromatic N) is 2. The highest BCUT2D eigenvalue weighted by Gasteiger charge is 2.33. The molecule has 2 unspecified atom stereocenters. The standard InChI is InChI=1S/C14H23N3OS/c1-10(2)15-6-11-9-19-14(16-11)13-7-17-5-3-4-12(17)8-18-13/h9-10,12-13,15H,3-8H2,1-2H3. The van der Waals surface area contributed by atoms with Gasteiger partial charge in [0.2, 0.25) is 0 Å². The van der Waals surface area contributed by atoms with E-state index in [-0.39, 0.29) is 6.10 Å². The van der Waals surface area contributed by atoms with E-state index in [0.717, 1.165) is 30.4 Å². The molecule has 0 saturated carbocycles. The Kier molecular flexibility index (Phi) is 4.17. The van der Waals surface area contributed by atoms with Crippen LogP contribution < -0.4 is 5.32 Å². The fraction of sp³-hybridized carbons (Fsp3) is 0.786. The van der Waals surface area contributed by atoms with Crippen LogP contribution in [0.2, 0.25) is 0 Å². The number of aromatic nitrogens is 1. The van der Waals surface area contributed by atoms with E-state index in [1.165, 1.54) is 19.4 Å². The fourth-order valence-corrected chi connectivity index (χ4v) is 3.68. The number of fused-ring (bicyclic) bond motifs is 1. The Morgan fingerprint density at radius 2 is 2.47 bits per heavy atom. The molecular weight excluding hydrogens is 258 g/mol. The van der Waals surface area contributed by atoms with Crippen LogP contribution in [0.15, 0.2) is 5.38 Å². The lowest BCUT2D eigenvalue weighted by atomic mass is 10.2. The normalized spacial score (nSPS) is 27.9. The summed E-state index contributed by atoms with van der Waals surface area (Å²) in [5.41, 5.74) is 1.14. The van der Waals surface area contributed by atoms with Gasteiger partial charge in [0.15, 0.2) is 0 Å². The molecule has 1 N–H and O–H groups in total. The van der Waals surface area contributed by atoms with Gasteiger partial charge in [-0.25, -0.2) is 4.98 Å². The molecule has 0 radical (unpaired) electrons. The van der Waals surface area contributed by atoms with Crippen molar-refractivity contribution in [3.05, 3.63) is 16.1 Å². The topological polar surface area (TPSA) is 37.4 Å². The van der Waals surface area contributed by atoms with Crippen LogP contribution in [0.5, 0.6) is 0 Å². The Bertz CT molecular complexity index is 421. The van der Waals surface area contributed by atoms with Crippen LogP contribution in [0.3, 0.4) is 0 Å². The van der Waals surface area contributed by atoms with Gasteiger partial charge >= 0.3 is 0 Å². The SMILES string of the molecule is CC(C)NCc1csc(C2CN3CCCC3CO2)n1. The Morgan fingerprint density at radius 1 is 1.58 bits per heavy atom. The van der Waals surface area contributed by atoms with Crippen LogP contribution >= 0.6 is 11.3 Å². The lowest BCUT2D eigenvalue weighted by Crippen LogP contribution is -2.42. The van der Waals surface area contributed by atoms with Crippen molar-refractivity contribution in [2.45, 2.75) is 51.4 Å². The summed E-state index contributed by atoms with van der Waals surface area (Å²) in [6, 6.07) is 1.17. The lowest BCUT2D eigenvalue weighted by molar-refractivity contribution is -0.0502. The molecule has 1 aromatic heterocycles. The third-order valence-corrected chi connectivity index (χ3v) is 4.91. The number of hydrogen-bond donors (Lipinski definition) is 1. The van der Waals surface area contributed by atoms with Gasteiger partial charge in [0.1, 0.15) is 11.1 Å². The van der Waals surface area contributed by atoms with Crippen LogP contribution in [0.25, 0.3) is 0 Å². The van der Waals surface area contributed by atoms with Crippen molar-refractivity contribution in [3.8, 4) is 0 Å². The van der Waals surface area contributed by atoms with E-state index in [9.17, 15) is 0 Å². The molecule has 0 bridgehead atoms. The van der Waals surface area contributed by atoms with Gasteiger partial charge in [-0.15, -0.1) is 11.3 Å². The van der Waals surface area contributed by atoms with Gasteiger partial charge in [-0.3, -0.25) is 4.90 Å². The predicted octanol–water partition coefficient (Wildman–Crippen LogP) is 2.18. The van der Waals surface area contributed by atoms with Crippen molar-refractivity contribution in [1.29, 1.82) is 0 Å². The van der Waals surface area contributed by atoms with Crippen molar-refractivity contribution in [3.63, 3.8) is 0 Å². The van der Waals surface area contributed by atoms with Crippen LogP contribution in [-0.2, 0) is 11.3 Å². The largest absolute Gasteiger partial charge is 0.368 e. The van der Waals surface area contributed by atoms with Crippen LogP contribution in [0.1, 0.15) is 43.5 Å². The number of ether oxygens (including phenoxy) is 1. The molecule has 2 aliphatic heterocycles. The van der Waals surface area contributed by atoms with E-state index in [1.807, 2.05) is 0 Å². The quantitative estimate of drug-likeness (QED) is 0.918. The molecule has 0 spiro atoms. The highest BCUT2D eigenvalue weighted by Crippen LogP contribution is 2.31. The first-order valence-corrected chi connectivity index (χ1v) is 8.13. The van der Waals surface area contributed by atoms with E-state index in [1.54, 1.807) is 11.3 Å². The number of hydrogen-bond acceptors (Lipinski definition) is 5. The summed E-state index contributed by atoms with van der Waals surface area (Å²) in [6.45, 7) is 8.31. The molecule has 3 rings (SSSR count). The third-order valence-electron chi connectivity index (χ3n) is 3.93. The molecule has 2 aliphatic rings. The molecule has 2 atom stereocenters. The Labute approximate surface area is 119 Å². The van der Waals surface area contributed by atoms with Gasteiger partial charge in [0.05, 0.1) is 12.3 Å². The average molecular weight is 281 g/mol. The number of morpholine rings is 1. The molecule has 0 aliphatic carbocycles. The molecule has 2 fully saturated rings. The Morgan fingerprint density at radius 3 is 3.32 bits per heavy atom. The molecule has 5 heteroatoms. The summed E-state index contributed by atoms with van der Waals surface area (Å²) < 4.78 is 6.00. The number of nitrogens with one attached hydrogen (secondary N) is 1. The fourth-order valence-electron chi connectivity index (χ4n) is 2.83. The van der Waals surface area contributed by atoms with Gasteiger partial charge in [0.25, 0.3) is 0 Å². The Balaban J connectivity index is 1.59. The van der Waals surface area contributed by atoms with E-state index in [4.69, 9.17) is 9.72 Å². The zero-order chi connectivity index (χ0) is 13.2. The van der Waals surface area contributed by atoms with Gasteiger partial charge in [-0.05, 0) is 19.4 Å². The average Bonchev–Trinajstić information content (AvgIpc) is 3.04. The smallest absolute Gasteiger partial charge is 0.123 e. The predicted molar refractivity (Wildman–Crippen MR) is 77.4 cm³/mol. The minimum Gasteiger partial charge on any atom is -0.368 e. The van der Waals surface area contributed by atoms with Crippen molar-refractivity contribution in [2.24, 2.45) is 0 Å². The third kappa shape index (κ3) is 3.16. The van der Waals surface area contributed by atoms with Gasteiger partial charge in [-0.1, -0.05) is 13.8 Å². The van der Waals surface area contributed by atoms with E-state index >= 15 is 0 Å². The second-order valence-corrected chi connectivity index (χ2v) is 6.72. The molecule has 4 nitrogen and oxygen atoms in total. The van der Waals surface area contributed by atoms with Crippen LogP contribution in [0.4, 0.5) is 0 Å². The minimum absolute atomic E-state index is 0.187. The maximum Gasteiger partial charge on any atom is 0.123 e. The van der Waals surface area contributed by atoms with Gasteiger partial charge in [0, 0.05) is 30.6 Å². The maximum absolute atomic E-state index is 6.00. The molecular formula is C14H23N3OS. The summed E-state index contributed by atoms with van der Waals surface area (Å²) in [6.07, 6.45) is 2.81. The molecule has 3 heterocycles. The van der Waals surface area contributed by atoms with Crippen molar-refractivity contribution in [1.82, 2.24) is 15.2 Å². The summed E-state index contributed by atoms with van der Waals surface area (Å²) >= 11 is 1.74. The summed E-state index contributed by atoms with van der Waals surface area (Å²) in [5.74, 6) is 0. The molecule has 19 heavy (non-hydrogen) atoms. The first-order valence-electron chi connectivity index (χ1n) is 7.25. The molecule has 2 saturated heterocycles. The van der Waals surface area contributed by atoms with E-state index in [2.05, 4.69) is 29.4 Å². The second-order valence-electron chi connectivity index (χ2n) is 5.83. The second kappa shape index (κ2) is 5.87. The first-order chi connectivity index (χ1) is 9.22. The zero-order valence-electron chi connectivity index (χ0n) is 11.8. The molecule has 0 amide bonds. The first kappa shape index (κ1) is 13.5. The monoisotopic (exact) mass is 281 g/mol. The van der Waals surface area contributed by atoms with Crippen molar-refractivity contribution in [2.75, 3.05) is 19.7 Å². The van der Waals surface area contributed by atoms with Gasteiger partial charge in [-0.2, -0.15) is 0 Å². The van der Waals surface area contributed by atoms with Crippen LogP contribution in [-0.4, -0.2) is 41.7 Å². The molecule has 0 aromatic carbocycles. The van der Waals surface area contributed by atoms with Gasteiger partial charge < -0.3 is 10.1 Å². The minimum atomic E-state index is 0.187. The number of rotatable bonds is 4. The van der Waals surface area contributed by atoms with Crippen LogP contribution in [0, 0.1) is 0 Å². The van der Waals surface area contributed by atoms with Crippen molar-refractivity contribution < 1.29 is 4.74 Å². The summed E-state index contributed by atoms with van der Waals surface area (Å²) in [4.78, 5) is 7.30. The Hall–Kier alpha value is -0.490. The van der Waals surface area contributed by atoms with E-state index in [0.29, 0.717) is 12.1 Å². The molecule has 1 aromatic rings. The summed E-state index contributed by atoms with van der Waals surface area (Å²) in [7, 11) is 0. The lowest BCUT2D eigenvalue weighted by Gasteiger charge is -2.34. The zero-order valence-corrected chi connectivity index (χ0v) is 12.6. The maximum atomic E-state index is 6.00. The summed E-state index contributed by atoms with van der Waals surface area (Å²) in [5, 5.41) is 6.71. The van der Waals surface area contributed by atoms with E-state index < -0.39 is 0 Å².